The molecule has 0 radical (unpaired) electrons. The van der Waals surface area contributed by atoms with E-state index in [0.29, 0.717) is 18.8 Å². The highest BCUT2D eigenvalue weighted by molar-refractivity contribution is 7.92. The van der Waals surface area contributed by atoms with Crippen molar-refractivity contribution in [2.75, 3.05) is 12.4 Å². The monoisotopic (exact) mass is 283 g/mol. The van der Waals surface area contributed by atoms with Crippen LogP contribution in [0.1, 0.15) is 37.8 Å². The molecular weight excluding hydrogens is 262 g/mol. The van der Waals surface area contributed by atoms with E-state index in [-0.39, 0.29) is 5.75 Å². The van der Waals surface area contributed by atoms with Crippen molar-refractivity contribution < 1.29 is 13.2 Å². The minimum Gasteiger partial charge on any atom is -0.494 e. The summed E-state index contributed by atoms with van der Waals surface area (Å²) in [5.74, 6) is 0.945. The summed E-state index contributed by atoms with van der Waals surface area (Å²) < 4.78 is 29.8. The highest BCUT2D eigenvalue weighted by atomic mass is 32.2. The molecule has 2 N–H and O–H groups in total. The number of hydrogen-bond donors (Lipinski definition) is 1. The van der Waals surface area contributed by atoms with Crippen LogP contribution in [-0.4, -0.2) is 26.0 Å². The van der Waals surface area contributed by atoms with Crippen LogP contribution in [0.5, 0.6) is 5.75 Å². The maximum Gasteiger partial charge on any atom is 0.155 e. The van der Waals surface area contributed by atoms with Crippen molar-refractivity contribution >= 4 is 9.84 Å². The topological polar surface area (TPSA) is 69.4 Å². The third-order valence-electron chi connectivity index (χ3n) is 3.61. The Kier molecular flexibility index (Phi) is 4.47. The van der Waals surface area contributed by atoms with Gasteiger partial charge < -0.3 is 10.5 Å². The zero-order chi connectivity index (χ0) is 13.9. The predicted octanol–water partition coefficient (Wildman–Crippen LogP) is 2.05. The second kappa shape index (κ2) is 5.92. The van der Waals surface area contributed by atoms with Gasteiger partial charge in [0.05, 0.1) is 23.7 Å². The van der Waals surface area contributed by atoms with Crippen LogP contribution >= 0.6 is 0 Å². The molecule has 0 spiro atoms. The Labute approximate surface area is 114 Å². The van der Waals surface area contributed by atoms with Gasteiger partial charge in [0.2, 0.25) is 0 Å². The number of para-hydroxylation sites is 1. The lowest BCUT2D eigenvalue weighted by Crippen LogP contribution is -2.38. The van der Waals surface area contributed by atoms with Crippen LogP contribution < -0.4 is 10.5 Å². The highest BCUT2D eigenvalue weighted by Crippen LogP contribution is 2.33. The summed E-state index contributed by atoms with van der Waals surface area (Å²) in [6.45, 7) is 2.45. The van der Waals surface area contributed by atoms with Crippen molar-refractivity contribution in [2.45, 2.75) is 37.5 Å². The summed E-state index contributed by atoms with van der Waals surface area (Å²) in [6.07, 6.45) is 2.32. The van der Waals surface area contributed by atoms with Crippen LogP contribution in [0.4, 0.5) is 0 Å². The van der Waals surface area contributed by atoms with Crippen molar-refractivity contribution in [3.05, 3.63) is 29.8 Å². The van der Waals surface area contributed by atoms with Crippen LogP contribution in [0.3, 0.4) is 0 Å². The lowest BCUT2D eigenvalue weighted by molar-refractivity contribution is 0.333. The third-order valence-corrected chi connectivity index (χ3v) is 5.92. The number of sulfone groups is 1. The minimum absolute atomic E-state index is 0.252. The van der Waals surface area contributed by atoms with Gasteiger partial charge in [0, 0.05) is 5.56 Å². The van der Waals surface area contributed by atoms with Gasteiger partial charge in [-0.05, 0) is 25.8 Å². The van der Waals surface area contributed by atoms with Crippen LogP contribution in [0, 0.1) is 0 Å². The maximum absolute atomic E-state index is 12.1. The Morgan fingerprint density at radius 3 is 2.79 bits per heavy atom. The summed E-state index contributed by atoms with van der Waals surface area (Å²) in [5, 5.41) is -0.483. The zero-order valence-corrected chi connectivity index (χ0v) is 12.0. The number of hydrogen-bond acceptors (Lipinski definition) is 4. The van der Waals surface area contributed by atoms with E-state index < -0.39 is 21.1 Å². The second-order valence-electron chi connectivity index (χ2n) is 4.90. The normalized spacial score (nSPS) is 23.8. The number of rotatable bonds is 4. The molecule has 1 fully saturated rings. The van der Waals surface area contributed by atoms with Gasteiger partial charge in [0.25, 0.3) is 0 Å². The first-order valence-corrected chi connectivity index (χ1v) is 8.46. The average molecular weight is 283 g/mol. The van der Waals surface area contributed by atoms with Crippen molar-refractivity contribution in [3.8, 4) is 5.75 Å². The molecule has 1 aromatic carbocycles. The van der Waals surface area contributed by atoms with Crippen molar-refractivity contribution in [3.63, 3.8) is 0 Å². The van der Waals surface area contributed by atoms with E-state index in [9.17, 15) is 8.42 Å². The van der Waals surface area contributed by atoms with Gasteiger partial charge in [-0.3, -0.25) is 0 Å². The number of ether oxygens (including phenoxy) is 1. The molecule has 0 aliphatic carbocycles. The third kappa shape index (κ3) is 3.09. The summed E-state index contributed by atoms with van der Waals surface area (Å²) in [7, 11) is -3.08. The molecule has 1 aromatic rings. The first-order valence-electron chi connectivity index (χ1n) is 6.75. The molecule has 0 saturated carbocycles. The average Bonchev–Trinajstić information content (AvgIpc) is 2.38. The summed E-state index contributed by atoms with van der Waals surface area (Å²) in [6, 6.07) is 6.94. The van der Waals surface area contributed by atoms with Gasteiger partial charge in [0.15, 0.2) is 9.84 Å². The van der Waals surface area contributed by atoms with Gasteiger partial charge in [0.1, 0.15) is 5.75 Å². The number of benzene rings is 1. The lowest BCUT2D eigenvalue weighted by atomic mass is 9.99. The SMILES string of the molecule is CCOc1ccccc1C(N)C1CCCCS1(=O)=O. The van der Waals surface area contributed by atoms with E-state index in [2.05, 4.69) is 0 Å². The van der Waals surface area contributed by atoms with Gasteiger partial charge in [-0.15, -0.1) is 0 Å². The van der Waals surface area contributed by atoms with Crippen LogP contribution in [0.2, 0.25) is 0 Å². The standard InChI is InChI=1S/C14H21NO3S/c1-2-18-12-8-4-3-7-11(12)14(15)13-9-5-6-10-19(13,16)17/h3-4,7-8,13-14H,2,5-6,9-10,15H2,1H3. The molecule has 5 heteroatoms. The second-order valence-corrected chi connectivity index (χ2v) is 7.24. The molecule has 2 rings (SSSR count). The summed E-state index contributed by atoms with van der Waals surface area (Å²) in [4.78, 5) is 0. The smallest absolute Gasteiger partial charge is 0.155 e. The Morgan fingerprint density at radius 2 is 2.11 bits per heavy atom. The molecule has 1 aliphatic heterocycles. The fraction of sp³-hybridized carbons (Fsp3) is 0.571. The van der Waals surface area contributed by atoms with E-state index in [1.165, 1.54) is 0 Å². The first-order chi connectivity index (χ1) is 9.06. The fourth-order valence-electron chi connectivity index (χ4n) is 2.63. The Bertz CT molecular complexity index is 527. The molecule has 4 nitrogen and oxygen atoms in total. The van der Waals surface area contributed by atoms with Gasteiger partial charge >= 0.3 is 0 Å². The maximum atomic E-state index is 12.1. The zero-order valence-electron chi connectivity index (χ0n) is 11.2. The van der Waals surface area contributed by atoms with E-state index in [1.807, 2.05) is 31.2 Å². The molecular formula is C14H21NO3S. The molecule has 1 aliphatic rings. The van der Waals surface area contributed by atoms with Crippen LogP contribution in [-0.2, 0) is 9.84 Å². The highest BCUT2D eigenvalue weighted by Gasteiger charge is 2.35. The van der Waals surface area contributed by atoms with Crippen molar-refractivity contribution in [1.29, 1.82) is 0 Å². The van der Waals surface area contributed by atoms with E-state index >= 15 is 0 Å². The van der Waals surface area contributed by atoms with E-state index in [4.69, 9.17) is 10.5 Å². The molecule has 19 heavy (non-hydrogen) atoms. The van der Waals surface area contributed by atoms with Gasteiger partial charge in [-0.1, -0.05) is 24.6 Å². The number of nitrogens with two attached hydrogens (primary N) is 1. The van der Waals surface area contributed by atoms with Crippen molar-refractivity contribution in [1.82, 2.24) is 0 Å². The fourth-order valence-corrected chi connectivity index (χ4v) is 4.65. The predicted molar refractivity (Wildman–Crippen MR) is 76.0 cm³/mol. The molecule has 1 heterocycles. The summed E-state index contributed by atoms with van der Waals surface area (Å²) in [5.41, 5.74) is 7.01. The molecule has 2 unspecified atom stereocenters. The molecule has 106 valence electrons. The Balaban J connectivity index is 2.30. The Morgan fingerprint density at radius 1 is 1.37 bits per heavy atom. The first kappa shape index (κ1) is 14.3. The largest absolute Gasteiger partial charge is 0.494 e. The van der Waals surface area contributed by atoms with E-state index in [1.54, 1.807) is 0 Å². The molecule has 2 atom stereocenters. The molecule has 0 amide bonds. The lowest BCUT2D eigenvalue weighted by Gasteiger charge is -2.28. The molecule has 0 aromatic heterocycles. The molecule has 1 saturated heterocycles. The van der Waals surface area contributed by atoms with E-state index in [0.717, 1.165) is 18.4 Å². The van der Waals surface area contributed by atoms with Crippen LogP contribution in [0.25, 0.3) is 0 Å². The molecule has 0 bridgehead atoms. The summed E-state index contributed by atoms with van der Waals surface area (Å²) >= 11 is 0. The van der Waals surface area contributed by atoms with Gasteiger partial charge in [-0.2, -0.15) is 0 Å². The van der Waals surface area contributed by atoms with Crippen LogP contribution in [0.15, 0.2) is 24.3 Å². The Hall–Kier alpha value is -1.07. The van der Waals surface area contributed by atoms with Crippen molar-refractivity contribution in [2.24, 2.45) is 5.73 Å². The van der Waals surface area contributed by atoms with Gasteiger partial charge in [-0.25, -0.2) is 8.42 Å². The minimum atomic E-state index is -3.08. The quantitative estimate of drug-likeness (QED) is 0.918.